The van der Waals surface area contributed by atoms with Crippen LogP contribution >= 0.6 is 11.3 Å². The summed E-state index contributed by atoms with van der Waals surface area (Å²) >= 11 is 1.39. The molecule has 2 heterocycles. The third kappa shape index (κ3) is 2.54. The second kappa shape index (κ2) is 5.14. The number of hydrogen-bond donors (Lipinski definition) is 0. The highest BCUT2D eigenvalue weighted by Gasteiger charge is 2.18. The number of ether oxygens (including phenoxy) is 2. The van der Waals surface area contributed by atoms with E-state index in [1.54, 1.807) is 24.3 Å². The van der Waals surface area contributed by atoms with Crippen molar-refractivity contribution in [1.29, 1.82) is 0 Å². The highest BCUT2D eigenvalue weighted by atomic mass is 32.2. The van der Waals surface area contributed by atoms with Gasteiger partial charge in [-0.15, -0.1) is 11.3 Å². The van der Waals surface area contributed by atoms with Gasteiger partial charge in [0.15, 0.2) is 17.3 Å². The van der Waals surface area contributed by atoms with Crippen molar-refractivity contribution in [3.05, 3.63) is 41.3 Å². The van der Waals surface area contributed by atoms with Crippen LogP contribution in [0, 0.1) is 0 Å². The van der Waals surface area contributed by atoms with Gasteiger partial charge < -0.3 is 9.47 Å². The molecule has 0 fully saturated rings. The van der Waals surface area contributed by atoms with Gasteiger partial charge in [0.2, 0.25) is 6.79 Å². The Kier molecular flexibility index (Phi) is 3.35. The molecule has 98 valence electrons. The van der Waals surface area contributed by atoms with Crippen LogP contribution in [0.1, 0.15) is 10.4 Å². The largest absolute Gasteiger partial charge is 0.454 e. The molecule has 1 unspecified atom stereocenters. The van der Waals surface area contributed by atoms with E-state index >= 15 is 0 Å². The Hall–Kier alpha value is -1.66. The minimum absolute atomic E-state index is 0.0137. The van der Waals surface area contributed by atoms with Crippen molar-refractivity contribution in [3.63, 3.8) is 0 Å². The number of fused-ring (bicyclic) bond motifs is 1. The van der Waals surface area contributed by atoms with Gasteiger partial charge in [0.1, 0.15) is 0 Å². The van der Waals surface area contributed by atoms with Gasteiger partial charge in [-0.1, -0.05) is 6.07 Å². The van der Waals surface area contributed by atoms with Crippen LogP contribution in [0.2, 0.25) is 0 Å². The maximum Gasteiger partial charge on any atom is 0.231 e. The molecule has 1 aromatic heterocycles. The molecule has 3 rings (SSSR count). The fraction of sp³-hybridized carbons (Fsp3) is 0.154. The molecule has 0 saturated heterocycles. The van der Waals surface area contributed by atoms with Crippen molar-refractivity contribution in [2.45, 2.75) is 4.21 Å². The Morgan fingerprint density at radius 3 is 2.89 bits per heavy atom. The van der Waals surface area contributed by atoms with Crippen LogP contribution in [0.15, 0.2) is 39.9 Å². The third-order valence-corrected chi connectivity index (χ3v) is 5.29. The van der Waals surface area contributed by atoms with Gasteiger partial charge in [-0.25, -0.2) is 0 Å². The van der Waals surface area contributed by atoms with Crippen LogP contribution in [0.5, 0.6) is 11.5 Å². The average Bonchev–Trinajstić information content (AvgIpc) is 3.09. The number of thiophene rings is 1. The second-order valence-corrected chi connectivity index (χ2v) is 6.54. The Labute approximate surface area is 116 Å². The monoisotopic (exact) mass is 294 g/mol. The van der Waals surface area contributed by atoms with Crippen LogP contribution < -0.4 is 9.47 Å². The molecule has 0 saturated carbocycles. The van der Waals surface area contributed by atoms with Crippen molar-refractivity contribution >= 4 is 27.9 Å². The Morgan fingerprint density at radius 2 is 2.11 bits per heavy atom. The number of hydrogen-bond acceptors (Lipinski definition) is 5. The van der Waals surface area contributed by atoms with Gasteiger partial charge in [0, 0.05) is 5.56 Å². The molecule has 1 aliphatic heterocycles. The van der Waals surface area contributed by atoms with Crippen LogP contribution in [-0.4, -0.2) is 22.5 Å². The predicted octanol–water partition coefficient (Wildman–Crippen LogP) is 2.47. The Bertz CT molecular complexity index is 634. The van der Waals surface area contributed by atoms with Crippen molar-refractivity contribution < 1.29 is 18.5 Å². The molecule has 6 heteroatoms. The van der Waals surface area contributed by atoms with Gasteiger partial charge in [0.25, 0.3) is 0 Å². The molecular formula is C13H10O4S2. The van der Waals surface area contributed by atoms with Crippen LogP contribution in [0.4, 0.5) is 0 Å². The summed E-state index contributed by atoms with van der Waals surface area (Å²) in [5.41, 5.74) is 0.495. The number of Topliss-reactive ketones (excluding diaryl/α,β-unsaturated/α-hetero) is 1. The number of carbonyl (C=O) groups is 1. The van der Waals surface area contributed by atoms with Crippen LogP contribution in [-0.2, 0) is 10.8 Å². The normalized spacial score (nSPS) is 14.3. The predicted molar refractivity (Wildman–Crippen MR) is 72.5 cm³/mol. The molecular weight excluding hydrogens is 284 g/mol. The smallest absolute Gasteiger partial charge is 0.231 e. The van der Waals surface area contributed by atoms with Gasteiger partial charge in [0.05, 0.1) is 20.8 Å². The van der Waals surface area contributed by atoms with Gasteiger partial charge in [-0.05, 0) is 29.6 Å². The fourth-order valence-electron chi connectivity index (χ4n) is 1.74. The summed E-state index contributed by atoms with van der Waals surface area (Å²) in [5.74, 6) is 1.02. The maximum atomic E-state index is 12.1. The SMILES string of the molecule is O=C(CS(=O)c1cccs1)c1ccc2c(c1)OCO2. The highest BCUT2D eigenvalue weighted by Crippen LogP contribution is 2.32. The van der Waals surface area contributed by atoms with E-state index in [1.165, 1.54) is 11.3 Å². The van der Waals surface area contributed by atoms with Crippen LogP contribution in [0.3, 0.4) is 0 Å². The second-order valence-electron chi connectivity index (χ2n) is 3.91. The van der Waals surface area contributed by atoms with E-state index in [1.807, 2.05) is 11.4 Å². The maximum absolute atomic E-state index is 12.1. The summed E-state index contributed by atoms with van der Waals surface area (Å²) in [7, 11) is -1.28. The van der Waals surface area contributed by atoms with Gasteiger partial charge in [-0.3, -0.25) is 9.00 Å². The lowest BCUT2D eigenvalue weighted by atomic mass is 10.1. The third-order valence-electron chi connectivity index (χ3n) is 2.68. The topological polar surface area (TPSA) is 52.6 Å². The molecule has 1 aromatic carbocycles. The van der Waals surface area contributed by atoms with E-state index in [9.17, 15) is 9.00 Å². The molecule has 0 amide bonds. The van der Waals surface area contributed by atoms with Gasteiger partial charge in [-0.2, -0.15) is 0 Å². The zero-order valence-corrected chi connectivity index (χ0v) is 11.5. The summed E-state index contributed by atoms with van der Waals surface area (Å²) in [6.45, 7) is 0.175. The summed E-state index contributed by atoms with van der Waals surface area (Å²) in [6, 6.07) is 8.60. The summed E-state index contributed by atoms with van der Waals surface area (Å²) in [5, 5.41) is 1.85. The summed E-state index contributed by atoms with van der Waals surface area (Å²) < 4.78 is 23.1. The molecule has 2 aromatic rings. The molecule has 0 spiro atoms. The van der Waals surface area contributed by atoms with Gasteiger partial charge >= 0.3 is 0 Å². The fourth-order valence-corrected chi connectivity index (χ4v) is 3.74. The molecule has 0 N–H and O–H groups in total. The zero-order valence-electron chi connectivity index (χ0n) is 9.83. The molecule has 0 aliphatic carbocycles. The van der Waals surface area contributed by atoms with E-state index < -0.39 is 10.8 Å². The number of ketones is 1. The first-order chi connectivity index (χ1) is 9.24. The van der Waals surface area contributed by atoms with Crippen molar-refractivity contribution in [1.82, 2.24) is 0 Å². The molecule has 19 heavy (non-hydrogen) atoms. The Morgan fingerprint density at radius 1 is 1.26 bits per heavy atom. The minimum Gasteiger partial charge on any atom is -0.454 e. The first kappa shape index (κ1) is 12.4. The average molecular weight is 294 g/mol. The number of carbonyl (C=O) groups excluding carboxylic acids is 1. The number of rotatable bonds is 4. The van der Waals surface area contributed by atoms with E-state index in [4.69, 9.17) is 9.47 Å². The lowest BCUT2D eigenvalue weighted by Gasteiger charge is -2.02. The van der Waals surface area contributed by atoms with E-state index in [-0.39, 0.29) is 18.3 Å². The number of benzene rings is 1. The van der Waals surface area contributed by atoms with Crippen molar-refractivity contribution in [2.75, 3.05) is 12.5 Å². The van der Waals surface area contributed by atoms with Crippen molar-refractivity contribution in [3.8, 4) is 11.5 Å². The minimum atomic E-state index is -1.28. The first-order valence-corrected chi connectivity index (χ1v) is 7.78. The molecule has 1 atom stereocenters. The highest BCUT2D eigenvalue weighted by molar-refractivity contribution is 7.88. The summed E-state index contributed by atoms with van der Waals surface area (Å²) in [6.07, 6.45) is 0. The lowest BCUT2D eigenvalue weighted by molar-refractivity contribution is 0.102. The van der Waals surface area contributed by atoms with E-state index in [2.05, 4.69) is 0 Å². The molecule has 0 radical (unpaired) electrons. The van der Waals surface area contributed by atoms with Crippen molar-refractivity contribution in [2.24, 2.45) is 0 Å². The molecule has 4 nitrogen and oxygen atoms in total. The standard InChI is InChI=1S/C13H10O4S2/c14-10(7-19(15)13-2-1-5-18-13)9-3-4-11-12(6-9)17-8-16-11/h1-6H,7-8H2. The zero-order chi connectivity index (χ0) is 13.2. The summed E-state index contributed by atoms with van der Waals surface area (Å²) in [4.78, 5) is 12.1. The van der Waals surface area contributed by atoms with Crippen LogP contribution in [0.25, 0.3) is 0 Å². The van der Waals surface area contributed by atoms with E-state index in [0.29, 0.717) is 21.3 Å². The lowest BCUT2D eigenvalue weighted by Crippen LogP contribution is -2.10. The Balaban J connectivity index is 1.76. The molecule has 1 aliphatic rings. The quantitative estimate of drug-likeness (QED) is 0.813. The first-order valence-electron chi connectivity index (χ1n) is 5.59. The molecule has 0 bridgehead atoms. The van der Waals surface area contributed by atoms with E-state index in [0.717, 1.165) is 0 Å².